The van der Waals surface area contributed by atoms with Crippen molar-refractivity contribution in [2.75, 3.05) is 25.1 Å². The average molecular weight is 615 g/mol. The second-order valence-electron chi connectivity index (χ2n) is 8.87. The zero-order valence-corrected chi connectivity index (χ0v) is 23.1. The Bertz CT molecular complexity index is 1480. The highest BCUT2D eigenvalue weighted by atomic mass is 35.5. The lowest BCUT2D eigenvalue weighted by atomic mass is 10.1. The van der Waals surface area contributed by atoms with Gasteiger partial charge in [-0.15, -0.1) is 5.10 Å². The number of rotatable bonds is 8. The molecule has 1 atom stereocenters. The Morgan fingerprint density at radius 2 is 1.95 bits per heavy atom. The topological polar surface area (TPSA) is 128 Å². The van der Waals surface area contributed by atoms with Crippen LogP contribution in [0.5, 0.6) is 5.88 Å². The number of carbonyl (C=O) groups is 3. The highest BCUT2D eigenvalue weighted by Crippen LogP contribution is 2.29. The molecule has 2 N–H and O–H groups in total. The van der Waals surface area contributed by atoms with Crippen LogP contribution < -0.4 is 15.4 Å². The predicted molar refractivity (Wildman–Crippen MR) is 141 cm³/mol. The van der Waals surface area contributed by atoms with Gasteiger partial charge in [-0.3, -0.25) is 19.2 Å². The number of carbonyl (C=O) groups excluding carboxylic acids is 3. The van der Waals surface area contributed by atoms with Crippen LogP contribution in [0.4, 0.5) is 18.9 Å². The van der Waals surface area contributed by atoms with Crippen molar-refractivity contribution in [3.05, 3.63) is 63.4 Å². The summed E-state index contributed by atoms with van der Waals surface area (Å²) in [7, 11) is 0. The van der Waals surface area contributed by atoms with Crippen molar-refractivity contribution in [1.29, 1.82) is 0 Å². The summed E-state index contributed by atoms with van der Waals surface area (Å²) in [6, 6.07) is 6.30. The molecule has 0 bridgehead atoms. The molecule has 1 aliphatic heterocycles. The van der Waals surface area contributed by atoms with E-state index >= 15 is 0 Å². The van der Waals surface area contributed by atoms with Gasteiger partial charge in [-0.2, -0.15) is 13.2 Å². The van der Waals surface area contributed by atoms with E-state index in [2.05, 4.69) is 20.7 Å². The van der Waals surface area contributed by atoms with Crippen LogP contribution in [0.25, 0.3) is 5.82 Å². The summed E-state index contributed by atoms with van der Waals surface area (Å²) in [5, 5.41) is 10.7. The molecule has 4 rings (SSSR count). The Morgan fingerprint density at radius 1 is 1.20 bits per heavy atom. The maximum atomic E-state index is 13.5. The third kappa shape index (κ3) is 7.26. The van der Waals surface area contributed by atoms with Crippen LogP contribution in [0.1, 0.15) is 39.8 Å². The van der Waals surface area contributed by atoms with E-state index in [4.69, 9.17) is 32.8 Å². The van der Waals surface area contributed by atoms with Gasteiger partial charge in [0, 0.05) is 23.7 Å². The maximum Gasteiger partial charge on any atom is 0.422 e. The maximum absolute atomic E-state index is 13.5. The predicted octanol–water partition coefficient (Wildman–Crippen LogP) is 4.36. The number of aryl methyl sites for hydroxylation is 1. The first-order valence-corrected chi connectivity index (χ1v) is 12.9. The molecule has 3 amide bonds. The van der Waals surface area contributed by atoms with Gasteiger partial charge in [0.25, 0.3) is 11.8 Å². The van der Waals surface area contributed by atoms with Gasteiger partial charge in [-0.1, -0.05) is 30.1 Å². The number of alkyl halides is 3. The fourth-order valence-electron chi connectivity index (χ4n) is 3.89. The molecule has 2 aromatic heterocycles. The van der Waals surface area contributed by atoms with Crippen molar-refractivity contribution < 1.29 is 37.1 Å². The molecule has 0 spiro atoms. The Labute approximate surface area is 241 Å². The van der Waals surface area contributed by atoms with E-state index in [1.54, 1.807) is 13.8 Å². The third-order valence-electron chi connectivity index (χ3n) is 5.76. The number of halogens is 5. The SMILES string of the molecule is CCC(=O)N1CC(NC(=O)c2cc(Cl)cc(C)c2NC(=O)c2cc(OCC(F)(F)F)nn2-c2ncccc2Cl)CO1. The van der Waals surface area contributed by atoms with Crippen LogP contribution in [0.15, 0.2) is 36.5 Å². The lowest BCUT2D eigenvalue weighted by molar-refractivity contribution is -0.168. The summed E-state index contributed by atoms with van der Waals surface area (Å²) in [6.45, 7) is 1.82. The first-order valence-electron chi connectivity index (χ1n) is 12.1. The van der Waals surface area contributed by atoms with Crippen LogP contribution in [-0.2, 0) is 9.63 Å². The van der Waals surface area contributed by atoms with Crippen LogP contribution in [0.2, 0.25) is 10.0 Å². The van der Waals surface area contributed by atoms with Crippen molar-refractivity contribution in [3.63, 3.8) is 0 Å². The molecule has 0 radical (unpaired) electrons. The van der Waals surface area contributed by atoms with Crippen molar-refractivity contribution in [3.8, 4) is 11.7 Å². The zero-order chi connectivity index (χ0) is 29.9. The minimum atomic E-state index is -4.65. The molecule has 1 aliphatic rings. The fourth-order valence-corrected chi connectivity index (χ4v) is 4.37. The van der Waals surface area contributed by atoms with E-state index < -0.39 is 36.5 Å². The molecule has 3 heterocycles. The molecule has 218 valence electrons. The first kappa shape index (κ1) is 30.1. The molecular weight excluding hydrogens is 592 g/mol. The van der Waals surface area contributed by atoms with Gasteiger partial charge in [0.2, 0.25) is 11.8 Å². The van der Waals surface area contributed by atoms with E-state index in [-0.39, 0.29) is 58.3 Å². The number of amides is 3. The van der Waals surface area contributed by atoms with Crippen molar-refractivity contribution in [2.45, 2.75) is 32.5 Å². The quantitative estimate of drug-likeness (QED) is 0.386. The highest BCUT2D eigenvalue weighted by Gasteiger charge is 2.31. The van der Waals surface area contributed by atoms with Gasteiger partial charge in [0.15, 0.2) is 12.4 Å². The minimum absolute atomic E-state index is 0.000836. The molecule has 16 heteroatoms. The number of hydrogen-bond donors (Lipinski definition) is 2. The number of benzene rings is 1. The first-order chi connectivity index (χ1) is 19.4. The number of hydroxylamine groups is 2. The Hall–Kier alpha value is -3.88. The monoisotopic (exact) mass is 614 g/mol. The summed E-state index contributed by atoms with van der Waals surface area (Å²) in [5.41, 5.74) is 0.215. The molecule has 41 heavy (non-hydrogen) atoms. The molecule has 1 fully saturated rings. The number of aromatic nitrogens is 3. The smallest absolute Gasteiger partial charge is 0.422 e. The second kappa shape index (κ2) is 12.3. The van der Waals surface area contributed by atoms with E-state index in [1.807, 2.05) is 0 Å². The standard InChI is InChI=1S/C25H23Cl2F3N6O5/c1-3-20(37)35-10-15(11-41-35)32-23(38)16-8-14(26)7-13(2)21(16)33-24(39)18-9-19(40-12-25(28,29)30)34-36(18)22-17(27)5-4-6-31-22/h4-9,15H,3,10-12H2,1-2H3,(H,32,38)(H,33,39). The third-order valence-corrected chi connectivity index (χ3v) is 6.27. The largest absolute Gasteiger partial charge is 0.467 e. The number of anilines is 1. The van der Waals surface area contributed by atoms with E-state index in [9.17, 15) is 27.6 Å². The molecule has 1 saturated heterocycles. The minimum Gasteiger partial charge on any atom is -0.467 e. The number of nitrogens with zero attached hydrogens (tertiary/aromatic N) is 4. The Kier molecular flexibility index (Phi) is 9.05. The van der Waals surface area contributed by atoms with Crippen LogP contribution in [-0.4, -0.2) is 69.5 Å². The van der Waals surface area contributed by atoms with Gasteiger partial charge < -0.3 is 15.4 Å². The summed E-state index contributed by atoms with van der Waals surface area (Å²) in [6.07, 6.45) is -3.06. The van der Waals surface area contributed by atoms with Crippen LogP contribution >= 0.6 is 23.2 Å². The zero-order valence-electron chi connectivity index (χ0n) is 21.6. The van der Waals surface area contributed by atoms with E-state index in [1.165, 1.54) is 35.5 Å². The lowest BCUT2D eigenvalue weighted by Gasteiger charge is -2.17. The van der Waals surface area contributed by atoms with Crippen LogP contribution in [0, 0.1) is 6.92 Å². The molecular formula is C25H23Cl2F3N6O5. The number of ether oxygens (including phenoxy) is 1. The molecule has 11 nitrogen and oxygen atoms in total. The lowest BCUT2D eigenvalue weighted by Crippen LogP contribution is -2.39. The van der Waals surface area contributed by atoms with E-state index in [0.717, 1.165) is 10.7 Å². The molecule has 1 aromatic carbocycles. The van der Waals surface area contributed by atoms with Gasteiger partial charge in [-0.25, -0.2) is 14.7 Å². The fraction of sp³-hybridized carbons (Fsp3) is 0.320. The number of nitrogens with one attached hydrogen (secondary N) is 2. The molecule has 3 aromatic rings. The average Bonchev–Trinajstić information content (AvgIpc) is 3.55. The Morgan fingerprint density at radius 3 is 2.63 bits per heavy atom. The van der Waals surface area contributed by atoms with Gasteiger partial charge in [-0.05, 0) is 36.8 Å². The summed E-state index contributed by atoms with van der Waals surface area (Å²) >= 11 is 12.4. The summed E-state index contributed by atoms with van der Waals surface area (Å²) < 4.78 is 43.9. The molecule has 1 unspecified atom stereocenters. The highest BCUT2D eigenvalue weighted by molar-refractivity contribution is 6.32. The molecule has 0 saturated carbocycles. The van der Waals surface area contributed by atoms with Crippen molar-refractivity contribution in [2.24, 2.45) is 0 Å². The second-order valence-corrected chi connectivity index (χ2v) is 9.71. The van der Waals surface area contributed by atoms with Gasteiger partial charge >= 0.3 is 6.18 Å². The Balaban J connectivity index is 1.63. The molecule has 0 aliphatic carbocycles. The van der Waals surface area contributed by atoms with Gasteiger partial charge in [0.1, 0.15) is 5.69 Å². The summed E-state index contributed by atoms with van der Waals surface area (Å²) in [4.78, 5) is 48.0. The normalized spacial score (nSPS) is 15.1. The van der Waals surface area contributed by atoms with Gasteiger partial charge in [0.05, 0.1) is 35.5 Å². The van der Waals surface area contributed by atoms with Crippen LogP contribution in [0.3, 0.4) is 0 Å². The number of pyridine rings is 1. The van der Waals surface area contributed by atoms with Crippen molar-refractivity contribution in [1.82, 2.24) is 25.1 Å². The number of hydrogen-bond acceptors (Lipinski definition) is 7. The van der Waals surface area contributed by atoms with Crippen molar-refractivity contribution >= 4 is 46.6 Å². The summed E-state index contributed by atoms with van der Waals surface area (Å²) in [5.74, 6) is -2.26. The van der Waals surface area contributed by atoms with E-state index in [0.29, 0.717) is 5.56 Å².